The SMILES string of the molecule is COC(=O)C(C(=O)OC)=C(C)CC=O. The first-order valence-corrected chi connectivity index (χ1v) is 3.88. The van der Waals surface area contributed by atoms with E-state index in [4.69, 9.17) is 0 Å². The summed E-state index contributed by atoms with van der Waals surface area (Å²) in [4.78, 5) is 32.5. The van der Waals surface area contributed by atoms with Gasteiger partial charge in [-0.2, -0.15) is 0 Å². The molecular formula is C9H12O5. The van der Waals surface area contributed by atoms with Crippen LogP contribution in [0.15, 0.2) is 11.1 Å². The third kappa shape index (κ3) is 3.01. The Kier molecular flexibility index (Phi) is 5.21. The van der Waals surface area contributed by atoms with Crippen molar-refractivity contribution in [3.63, 3.8) is 0 Å². The molecule has 0 radical (unpaired) electrons. The van der Waals surface area contributed by atoms with Crippen LogP contribution in [-0.4, -0.2) is 32.4 Å². The Hall–Kier alpha value is -1.65. The fourth-order valence-electron chi connectivity index (χ4n) is 0.863. The minimum absolute atomic E-state index is 0.000463. The zero-order valence-electron chi connectivity index (χ0n) is 8.33. The van der Waals surface area contributed by atoms with E-state index in [1.54, 1.807) is 0 Å². The van der Waals surface area contributed by atoms with E-state index >= 15 is 0 Å². The van der Waals surface area contributed by atoms with E-state index in [9.17, 15) is 14.4 Å². The van der Waals surface area contributed by atoms with Crippen LogP contribution in [-0.2, 0) is 23.9 Å². The Morgan fingerprint density at radius 3 is 1.86 bits per heavy atom. The fraction of sp³-hybridized carbons (Fsp3) is 0.444. The number of aldehydes is 1. The molecule has 0 N–H and O–H groups in total. The molecule has 0 saturated carbocycles. The number of allylic oxidation sites excluding steroid dienone is 1. The summed E-state index contributed by atoms with van der Waals surface area (Å²) >= 11 is 0. The number of carbonyl (C=O) groups excluding carboxylic acids is 3. The molecular weight excluding hydrogens is 188 g/mol. The molecule has 5 nitrogen and oxygen atoms in total. The standard InChI is InChI=1S/C9H12O5/c1-6(4-5-10)7(8(11)13-2)9(12)14-3/h5H,4H2,1-3H3. The highest BCUT2D eigenvalue weighted by Gasteiger charge is 2.22. The summed E-state index contributed by atoms with van der Waals surface area (Å²) in [6, 6.07) is 0. The number of hydrogen-bond acceptors (Lipinski definition) is 5. The van der Waals surface area contributed by atoms with Crippen LogP contribution in [0.5, 0.6) is 0 Å². The predicted octanol–water partition coefficient (Wildman–Crippen LogP) is 0.238. The second kappa shape index (κ2) is 5.90. The van der Waals surface area contributed by atoms with E-state index in [1.165, 1.54) is 6.92 Å². The average molecular weight is 200 g/mol. The van der Waals surface area contributed by atoms with Gasteiger partial charge in [-0.25, -0.2) is 9.59 Å². The smallest absolute Gasteiger partial charge is 0.345 e. The Morgan fingerprint density at radius 2 is 1.57 bits per heavy atom. The Bertz CT molecular complexity index is 259. The van der Waals surface area contributed by atoms with Crippen molar-refractivity contribution in [1.82, 2.24) is 0 Å². The number of rotatable bonds is 4. The van der Waals surface area contributed by atoms with Crippen LogP contribution in [0.4, 0.5) is 0 Å². The molecule has 0 aromatic rings. The zero-order chi connectivity index (χ0) is 11.1. The molecule has 0 rings (SSSR count). The fourth-order valence-corrected chi connectivity index (χ4v) is 0.863. The number of hydrogen-bond donors (Lipinski definition) is 0. The van der Waals surface area contributed by atoms with Gasteiger partial charge in [-0.15, -0.1) is 0 Å². The molecule has 0 amide bonds. The lowest BCUT2D eigenvalue weighted by Gasteiger charge is -2.05. The first-order valence-electron chi connectivity index (χ1n) is 3.88. The molecule has 0 aromatic heterocycles. The predicted molar refractivity (Wildman–Crippen MR) is 47.4 cm³/mol. The summed E-state index contributed by atoms with van der Waals surface area (Å²) in [6.45, 7) is 1.50. The molecule has 0 fully saturated rings. The van der Waals surface area contributed by atoms with Gasteiger partial charge in [0.25, 0.3) is 0 Å². The molecule has 0 bridgehead atoms. The van der Waals surface area contributed by atoms with Crippen LogP contribution >= 0.6 is 0 Å². The highest BCUT2D eigenvalue weighted by molar-refractivity contribution is 6.14. The summed E-state index contributed by atoms with van der Waals surface area (Å²) in [5, 5.41) is 0. The normalized spacial score (nSPS) is 8.79. The largest absolute Gasteiger partial charge is 0.465 e. The van der Waals surface area contributed by atoms with Gasteiger partial charge >= 0.3 is 11.9 Å². The van der Waals surface area contributed by atoms with Crippen molar-refractivity contribution in [2.75, 3.05) is 14.2 Å². The summed E-state index contributed by atoms with van der Waals surface area (Å²) in [6.07, 6.45) is 0.598. The van der Waals surface area contributed by atoms with E-state index in [-0.39, 0.29) is 12.0 Å². The van der Waals surface area contributed by atoms with Gasteiger partial charge in [0.1, 0.15) is 11.9 Å². The first kappa shape index (κ1) is 12.3. The molecule has 0 atom stereocenters. The Morgan fingerprint density at radius 1 is 1.14 bits per heavy atom. The quantitative estimate of drug-likeness (QED) is 0.214. The molecule has 0 aliphatic rings. The minimum atomic E-state index is -0.795. The monoisotopic (exact) mass is 200 g/mol. The lowest BCUT2D eigenvalue weighted by molar-refractivity contribution is -0.144. The van der Waals surface area contributed by atoms with Gasteiger partial charge in [-0.1, -0.05) is 0 Å². The van der Waals surface area contributed by atoms with Crippen molar-refractivity contribution in [3.05, 3.63) is 11.1 Å². The highest BCUT2D eigenvalue weighted by Crippen LogP contribution is 2.10. The maximum absolute atomic E-state index is 11.1. The summed E-state index contributed by atoms with van der Waals surface area (Å²) in [5.74, 6) is -1.59. The van der Waals surface area contributed by atoms with Crippen LogP contribution in [0.25, 0.3) is 0 Å². The van der Waals surface area contributed by atoms with E-state index < -0.39 is 11.9 Å². The van der Waals surface area contributed by atoms with Crippen molar-refractivity contribution in [2.24, 2.45) is 0 Å². The second-order valence-corrected chi connectivity index (χ2v) is 2.51. The van der Waals surface area contributed by atoms with Crippen molar-refractivity contribution in [3.8, 4) is 0 Å². The third-order valence-electron chi connectivity index (χ3n) is 1.60. The van der Waals surface area contributed by atoms with Crippen molar-refractivity contribution < 1.29 is 23.9 Å². The Labute approximate surface area is 81.7 Å². The lowest BCUT2D eigenvalue weighted by Crippen LogP contribution is -2.17. The topological polar surface area (TPSA) is 69.7 Å². The van der Waals surface area contributed by atoms with Crippen LogP contribution in [0.2, 0.25) is 0 Å². The highest BCUT2D eigenvalue weighted by atomic mass is 16.5. The van der Waals surface area contributed by atoms with Crippen molar-refractivity contribution >= 4 is 18.2 Å². The minimum Gasteiger partial charge on any atom is -0.465 e. The van der Waals surface area contributed by atoms with E-state index in [1.807, 2.05) is 0 Å². The third-order valence-corrected chi connectivity index (χ3v) is 1.60. The molecule has 0 unspecified atom stereocenters. The maximum Gasteiger partial charge on any atom is 0.345 e. The van der Waals surface area contributed by atoms with Crippen LogP contribution in [0.1, 0.15) is 13.3 Å². The van der Waals surface area contributed by atoms with Gasteiger partial charge in [0.05, 0.1) is 14.2 Å². The van der Waals surface area contributed by atoms with E-state index in [0.29, 0.717) is 11.9 Å². The van der Waals surface area contributed by atoms with Crippen LogP contribution in [0.3, 0.4) is 0 Å². The van der Waals surface area contributed by atoms with Gasteiger partial charge in [0.15, 0.2) is 0 Å². The molecule has 5 heteroatoms. The molecule has 0 aliphatic carbocycles. The summed E-state index contributed by atoms with van der Waals surface area (Å²) < 4.78 is 8.78. The Balaban J connectivity index is 5.07. The van der Waals surface area contributed by atoms with Gasteiger partial charge in [-0.05, 0) is 12.5 Å². The maximum atomic E-state index is 11.1. The molecule has 0 saturated heterocycles. The summed E-state index contributed by atoms with van der Waals surface area (Å²) in [7, 11) is 2.30. The molecule has 14 heavy (non-hydrogen) atoms. The molecule has 78 valence electrons. The lowest BCUT2D eigenvalue weighted by atomic mass is 10.1. The number of methoxy groups -OCH3 is 2. The zero-order valence-corrected chi connectivity index (χ0v) is 8.33. The molecule has 0 aliphatic heterocycles. The van der Waals surface area contributed by atoms with Gasteiger partial charge < -0.3 is 14.3 Å². The number of ether oxygens (including phenoxy) is 2. The van der Waals surface area contributed by atoms with E-state index in [0.717, 1.165) is 14.2 Å². The van der Waals surface area contributed by atoms with Crippen molar-refractivity contribution in [1.29, 1.82) is 0 Å². The molecule has 0 spiro atoms. The van der Waals surface area contributed by atoms with Crippen molar-refractivity contribution in [2.45, 2.75) is 13.3 Å². The molecule has 0 heterocycles. The van der Waals surface area contributed by atoms with Gasteiger partial charge in [0, 0.05) is 6.42 Å². The number of esters is 2. The van der Waals surface area contributed by atoms with Crippen LogP contribution < -0.4 is 0 Å². The number of carbonyl (C=O) groups is 3. The van der Waals surface area contributed by atoms with Gasteiger partial charge in [-0.3, -0.25) is 0 Å². The molecule has 0 aromatic carbocycles. The summed E-state index contributed by atoms with van der Waals surface area (Å²) in [5.41, 5.74) is 0.112. The second-order valence-electron chi connectivity index (χ2n) is 2.51. The van der Waals surface area contributed by atoms with Gasteiger partial charge in [0.2, 0.25) is 0 Å². The average Bonchev–Trinajstić information content (AvgIpc) is 2.17. The first-order chi connectivity index (χ1) is 6.58. The van der Waals surface area contributed by atoms with Crippen LogP contribution in [0, 0.1) is 0 Å². The van der Waals surface area contributed by atoms with E-state index in [2.05, 4.69) is 9.47 Å².